The second-order valence-corrected chi connectivity index (χ2v) is 5.63. The minimum absolute atomic E-state index is 0.149. The van der Waals surface area contributed by atoms with E-state index in [1.165, 1.54) is 0 Å². The average molecular weight is 378 g/mol. The van der Waals surface area contributed by atoms with E-state index in [1.54, 1.807) is 6.92 Å². The molecule has 0 aliphatic rings. The molecule has 148 valence electrons. The van der Waals surface area contributed by atoms with Crippen molar-refractivity contribution in [3.63, 3.8) is 0 Å². The van der Waals surface area contributed by atoms with Crippen LogP contribution in [0.25, 0.3) is 0 Å². The lowest BCUT2D eigenvalue weighted by atomic mass is 9.63. The van der Waals surface area contributed by atoms with Gasteiger partial charge in [-0.3, -0.25) is 14.4 Å². The van der Waals surface area contributed by atoms with Crippen molar-refractivity contribution in [1.82, 2.24) is 0 Å². The molecule has 26 heavy (non-hydrogen) atoms. The van der Waals surface area contributed by atoms with Gasteiger partial charge in [-0.05, 0) is 13.3 Å². The van der Waals surface area contributed by atoms with Crippen LogP contribution in [-0.4, -0.2) is 65.2 Å². The van der Waals surface area contributed by atoms with E-state index in [2.05, 4.69) is 9.47 Å². The quantitative estimate of drug-likeness (QED) is 0.361. The summed E-state index contributed by atoms with van der Waals surface area (Å²) in [6.45, 7) is 2.57. The summed E-state index contributed by atoms with van der Waals surface area (Å²) in [5.41, 5.74) is -5.81. The number of carbonyl (C=O) groups excluding carboxylic acids is 2. The molecule has 3 unspecified atom stereocenters. The maximum atomic E-state index is 12.1. The Morgan fingerprint density at radius 1 is 0.962 bits per heavy atom. The van der Waals surface area contributed by atoms with Gasteiger partial charge in [0.25, 0.3) is 5.60 Å². The number of unbranched alkanes of at least 4 members (excludes halogenated alkanes) is 1. The lowest BCUT2D eigenvalue weighted by molar-refractivity contribution is -0.210. The van der Waals surface area contributed by atoms with E-state index >= 15 is 0 Å². The third-order valence-electron chi connectivity index (χ3n) is 4.14. The molecule has 0 bridgehead atoms. The molecule has 11 nitrogen and oxygen atoms in total. The van der Waals surface area contributed by atoms with Gasteiger partial charge >= 0.3 is 30.0 Å². The molecule has 0 aliphatic carbocycles. The summed E-state index contributed by atoms with van der Waals surface area (Å²) in [7, 11) is 1.60. The maximum absolute atomic E-state index is 12.1. The molecule has 0 amide bonds. The van der Waals surface area contributed by atoms with Crippen molar-refractivity contribution in [3.8, 4) is 0 Å². The molecule has 0 aliphatic heterocycles. The van der Waals surface area contributed by atoms with Gasteiger partial charge in [-0.25, -0.2) is 9.59 Å². The van der Waals surface area contributed by atoms with Gasteiger partial charge in [0.05, 0.1) is 14.2 Å². The fourth-order valence-corrected chi connectivity index (χ4v) is 2.61. The molecule has 0 aromatic carbocycles. The molecule has 0 radical (unpaired) electrons. The van der Waals surface area contributed by atoms with Crippen molar-refractivity contribution in [1.29, 1.82) is 0 Å². The number of hydrogen-bond donors (Lipinski definition) is 3. The zero-order valence-corrected chi connectivity index (χ0v) is 14.8. The summed E-state index contributed by atoms with van der Waals surface area (Å²) in [6.07, 6.45) is -1.49. The lowest BCUT2D eigenvalue weighted by Gasteiger charge is -2.43. The van der Waals surface area contributed by atoms with Crippen LogP contribution in [0.3, 0.4) is 0 Å². The molecule has 0 fully saturated rings. The smallest absolute Gasteiger partial charge is 0.481 e. The number of carbonyl (C=O) groups is 5. The topological polar surface area (TPSA) is 174 Å². The molecule has 0 saturated carbocycles. The van der Waals surface area contributed by atoms with Crippen molar-refractivity contribution in [2.45, 2.75) is 38.7 Å². The Balaban J connectivity index is 6.94. The summed E-state index contributed by atoms with van der Waals surface area (Å²) < 4.78 is 13.2. The van der Waals surface area contributed by atoms with Crippen LogP contribution in [0, 0.1) is 11.3 Å². The summed E-state index contributed by atoms with van der Waals surface area (Å²) in [5, 5.41) is 28.8. The molecule has 0 heterocycles. The standard InChI is InChI=1S/C15H22O11/c1-5-6-7-14(2,11(19)20)15(12(21)22,26-13(23)25-4)8(9(16)17)10(18)24-3/h8H,5-7H2,1-4H3,(H,16,17)(H,19,20)(H,21,22). The number of esters is 1. The third-order valence-corrected chi connectivity index (χ3v) is 4.14. The van der Waals surface area contributed by atoms with Crippen LogP contribution in [-0.2, 0) is 33.4 Å². The summed E-state index contributed by atoms with van der Waals surface area (Å²) in [4.78, 5) is 59.4. The first-order chi connectivity index (χ1) is 12.0. The highest BCUT2D eigenvalue weighted by Gasteiger charge is 2.71. The van der Waals surface area contributed by atoms with Crippen LogP contribution in [0.4, 0.5) is 4.79 Å². The Bertz CT molecular complexity index is 584. The highest BCUT2D eigenvalue weighted by molar-refractivity contribution is 6.04. The van der Waals surface area contributed by atoms with Gasteiger partial charge < -0.3 is 29.5 Å². The summed E-state index contributed by atoms with van der Waals surface area (Å²) in [5.74, 6) is -10.2. The Morgan fingerprint density at radius 2 is 1.50 bits per heavy atom. The molecule has 0 saturated heterocycles. The fourth-order valence-electron chi connectivity index (χ4n) is 2.61. The van der Waals surface area contributed by atoms with E-state index in [1.807, 2.05) is 0 Å². The molecule has 11 heteroatoms. The van der Waals surface area contributed by atoms with Gasteiger partial charge in [0.1, 0.15) is 5.41 Å². The number of ether oxygens (including phenoxy) is 3. The summed E-state index contributed by atoms with van der Waals surface area (Å²) >= 11 is 0. The van der Waals surface area contributed by atoms with Crippen LogP contribution in [0.2, 0.25) is 0 Å². The number of methoxy groups -OCH3 is 2. The molecular formula is C15H22O11. The number of carboxylic acids is 3. The van der Waals surface area contributed by atoms with Gasteiger partial charge in [-0.1, -0.05) is 19.8 Å². The van der Waals surface area contributed by atoms with Gasteiger partial charge in [-0.15, -0.1) is 0 Å². The second kappa shape index (κ2) is 9.02. The number of carboxylic acid groups (broad SMARTS) is 3. The summed E-state index contributed by atoms with van der Waals surface area (Å²) in [6, 6.07) is 0. The van der Waals surface area contributed by atoms with Crippen LogP contribution < -0.4 is 0 Å². The first-order valence-corrected chi connectivity index (χ1v) is 7.50. The largest absolute Gasteiger partial charge is 0.509 e. The van der Waals surface area contributed by atoms with Gasteiger partial charge in [0.2, 0.25) is 5.92 Å². The molecule has 0 spiro atoms. The highest BCUT2D eigenvalue weighted by atomic mass is 16.7. The van der Waals surface area contributed by atoms with Gasteiger partial charge in [-0.2, -0.15) is 0 Å². The zero-order chi connectivity index (χ0) is 20.7. The van der Waals surface area contributed by atoms with E-state index < -0.39 is 53.4 Å². The van der Waals surface area contributed by atoms with E-state index in [-0.39, 0.29) is 6.42 Å². The number of hydrogen-bond acceptors (Lipinski definition) is 8. The Morgan fingerprint density at radius 3 is 1.81 bits per heavy atom. The third kappa shape index (κ3) is 4.03. The van der Waals surface area contributed by atoms with E-state index in [0.29, 0.717) is 6.42 Å². The molecule has 3 atom stereocenters. The van der Waals surface area contributed by atoms with Gasteiger partial charge in [0.15, 0.2) is 0 Å². The second-order valence-electron chi connectivity index (χ2n) is 5.63. The van der Waals surface area contributed by atoms with E-state index in [4.69, 9.17) is 4.74 Å². The Kier molecular flexibility index (Phi) is 8.03. The maximum Gasteiger partial charge on any atom is 0.509 e. The zero-order valence-electron chi connectivity index (χ0n) is 14.8. The average Bonchev–Trinajstić information content (AvgIpc) is 2.57. The highest BCUT2D eigenvalue weighted by Crippen LogP contribution is 2.46. The van der Waals surface area contributed by atoms with Crippen molar-refractivity contribution < 1.29 is 53.5 Å². The van der Waals surface area contributed by atoms with E-state index in [0.717, 1.165) is 21.1 Å². The monoisotopic (exact) mass is 378 g/mol. The van der Waals surface area contributed by atoms with Crippen LogP contribution in [0.5, 0.6) is 0 Å². The predicted molar refractivity (Wildman–Crippen MR) is 82.3 cm³/mol. The minimum Gasteiger partial charge on any atom is -0.481 e. The Hall–Kier alpha value is -2.85. The van der Waals surface area contributed by atoms with Crippen LogP contribution in [0.1, 0.15) is 33.1 Å². The van der Waals surface area contributed by atoms with Crippen LogP contribution >= 0.6 is 0 Å². The van der Waals surface area contributed by atoms with Crippen molar-refractivity contribution in [2.75, 3.05) is 14.2 Å². The first-order valence-electron chi connectivity index (χ1n) is 7.50. The SMILES string of the molecule is CCCCC(C)(C(=O)O)C(OC(=O)OC)(C(=O)O)C(C(=O)O)C(=O)OC. The normalized spacial score (nSPS) is 16.3. The lowest BCUT2D eigenvalue weighted by Crippen LogP contribution is -2.67. The molecule has 0 rings (SSSR count). The van der Waals surface area contributed by atoms with Crippen molar-refractivity contribution in [3.05, 3.63) is 0 Å². The van der Waals surface area contributed by atoms with Crippen molar-refractivity contribution in [2.24, 2.45) is 11.3 Å². The molecular weight excluding hydrogens is 356 g/mol. The molecule has 3 N–H and O–H groups in total. The molecule has 0 aromatic heterocycles. The van der Waals surface area contributed by atoms with Crippen LogP contribution in [0.15, 0.2) is 0 Å². The predicted octanol–water partition coefficient (Wildman–Crippen LogP) is 0.748. The Labute approximate surface area is 148 Å². The van der Waals surface area contributed by atoms with Crippen molar-refractivity contribution >= 4 is 30.0 Å². The van der Waals surface area contributed by atoms with Gasteiger partial charge in [0, 0.05) is 0 Å². The fraction of sp³-hybridized carbons (Fsp3) is 0.667. The van der Waals surface area contributed by atoms with E-state index in [9.17, 15) is 39.3 Å². The number of aliphatic carboxylic acids is 3. The molecule has 0 aromatic rings. The number of rotatable bonds is 10. The first kappa shape index (κ1) is 23.1. The minimum atomic E-state index is -3.32.